The molecule has 0 amide bonds. The van der Waals surface area contributed by atoms with Crippen LogP contribution in [0.4, 0.5) is 5.69 Å². The molecule has 0 aliphatic rings. The minimum atomic E-state index is -0.0407. The summed E-state index contributed by atoms with van der Waals surface area (Å²) in [5, 5.41) is 0. The van der Waals surface area contributed by atoms with Crippen LogP contribution in [0.1, 0.15) is 34.6 Å². The van der Waals surface area contributed by atoms with Crippen molar-refractivity contribution in [3.63, 3.8) is 0 Å². The van der Waals surface area contributed by atoms with Crippen molar-refractivity contribution < 1.29 is 9.59 Å². The highest BCUT2D eigenvalue weighted by molar-refractivity contribution is 14.1. The Labute approximate surface area is 96.4 Å². The van der Waals surface area contributed by atoms with E-state index in [4.69, 9.17) is 0 Å². The Morgan fingerprint density at radius 1 is 1.07 bits per heavy atom. The first kappa shape index (κ1) is 11.2. The Balaban J connectivity index is 3.27. The number of benzene rings is 1. The fourth-order valence-corrected chi connectivity index (χ4v) is 1.40. The zero-order chi connectivity index (χ0) is 10.7. The molecular weight excluding hydrogens is 293 g/mol. The summed E-state index contributed by atoms with van der Waals surface area (Å²) in [6, 6.07) is 5.06. The molecule has 4 heteroatoms. The minimum Gasteiger partial charge on any atom is -0.328 e. The molecule has 74 valence electrons. The lowest BCUT2D eigenvalue weighted by Crippen LogP contribution is -1.99. The molecule has 0 heterocycles. The number of hydrogen-bond acceptors (Lipinski definition) is 3. The molecule has 0 saturated heterocycles. The van der Waals surface area contributed by atoms with Crippen LogP contribution < -0.4 is 3.53 Å². The number of Topliss-reactive ketones (excluding diaryl/α,β-unsaturated/α-hetero) is 2. The van der Waals surface area contributed by atoms with E-state index in [0.717, 1.165) is 5.69 Å². The molecular formula is C10H10INO2. The average Bonchev–Trinajstić information content (AvgIpc) is 2.16. The largest absolute Gasteiger partial charge is 0.328 e. The van der Waals surface area contributed by atoms with Gasteiger partial charge in [0.25, 0.3) is 0 Å². The van der Waals surface area contributed by atoms with Crippen LogP contribution >= 0.6 is 22.9 Å². The molecule has 0 aliphatic carbocycles. The van der Waals surface area contributed by atoms with Crippen LogP contribution in [0.15, 0.2) is 18.2 Å². The van der Waals surface area contributed by atoms with E-state index in [-0.39, 0.29) is 11.6 Å². The number of halogens is 1. The molecule has 0 spiro atoms. The molecule has 1 N–H and O–H groups in total. The maximum Gasteiger partial charge on any atom is 0.159 e. The summed E-state index contributed by atoms with van der Waals surface area (Å²) in [5.74, 6) is -0.0815. The summed E-state index contributed by atoms with van der Waals surface area (Å²) in [4.78, 5) is 22.3. The summed E-state index contributed by atoms with van der Waals surface area (Å²) in [6.07, 6.45) is 0. The maximum absolute atomic E-state index is 11.1. The smallest absolute Gasteiger partial charge is 0.159 e. The van der Waals surface area contributed by atoms with Gasteiger partial charge in [0.2, 0.25) is 0 Å². The van der Waals surface area contributed by atoms with Crippen molar-refractivity contribution in [3.8, 4) is 0 Å². The van der Waals surface area contributed by atoms with Gasteiger partial charge in [-0.15, -0.1) is 0 Å². The first-order valence-corrected chi connectivity index (χ1v) is 5.16. The minimum absolute atomic E-state index is 0.0407. The Bertz CT molecular complexity index is 355. The zero-order valence-corrected chi connectivity index (χ0v) is 10.1. The SMILES string of the molecule is CC(=O)c1cc(NI)cc(C(C)=O)c1. The van der Waals surface area contributed by atoms with E-state index < -0.39 is 0 Å². The van der Waals surface area contributed by atoms with E-state index >= 15 is 0 Å². The van der Waals surface area contributed by atoms with Gasteiger partial charge >= 0.3 is 0 Å². The summed E-state index contributed by atoms with van der Waals surface area (Å²) in [5.41, 5.74) is 1.87. The van der Waals surface area contributed by atoms with Crippen LogP contribution in [0.5, 0.6) is 0 Å². The van der Waals surface area contributed by atoms with Gasteiger partial charge in [0, 0.05) is 16.8 Å². The third-order valence-electron chi connectivity index (χ3n) is 1.86. The Morgan fingerprint density at radius 2 is 1.50 bits per heavy atom. The van der Waals surface area contributed by atoms with Crippen molar-refractivity contribution >= 4 is 40.1 Å². The average molecular weight is 303 g/mol. The highest BCUT2D eigenvalue weighted by atomic mass is 127. The molecule has 14 heavy (non-hydrogen) atoms. The van der Waals surface area contributed by atoms with Crippen molar-refractivity contribution in [1.82, 2.24) is 0 Å². The first-order valence-electron chi connectivity index (χ1n) is 4.08. The van der Waals surface area contributed by atoms with Crippen LogP contribution in [-0.4, -0.2) is 11.6 Å². The summed E-state index contributed by atoms with van der Waals surface area (Å²) in [7, 11) is 0. The fraction of sp³-hybridized carbons (Fsp3) is 0.200. The molecule has 0 aromatic heterocycles. The Hall–Kier alpha value is -0.910. The van der Waals surface area contributed by atoms with Crippen molar-refractivity contribution in [2.75, 3.05) is 3.53 Å². The molecule has 1 rings (SSSR count). The Kier molecular flexibility index (Phi) is 3.62. The molecule has 1 aromatic rings. The molecule has 0 radical (unpaired) electrons. The van der Waals surface area contributed by atoms with Gasteiger partial charge in [0.1, 0.15) is 0 Å². The zero-order valence-electron chi connectivity index (χ0n) is 7.93. The number of hydrogen-bond donors (Lipinski definition) is 1. The van der Waals surface area contributed by atoms with E-state index in [9.17, 15) is 9.59 Å². The topological polar surface area (TPSA) is 46.2 Å². The summed E-state index contributed by atoms with van der Waals surface area (Å²) in [6.45, 7) is 2.96. The highest BCUT2D eigenvalue weighted by Crippen LogP contribution is 2.17. The van der Waals surface area contributed by atoms with Gasteiger partial charge in [-0.25, -0.2) is 0 Å². The monoisotopic (exact) mass is 303 g/mol. The summed E-state index contributed by atoms with van der Waals surface area (Å²) < 4.78 is 2.88. The molecule has 0 aliphatic heterocycles. The second kappa shape index (κ2) is 4.54. The molecule has 1 aromatic carbocycles. The number of rotatable bonds is 3. The lowest BCUT2D eigenvalue weighted by atomic mass is 10.0. The lowest BCUT2D eigenvalue weighted by molar-refractivity contribution is 0.101. The molecule has 0 unspecified atom stereocenters. The van der Waals surface area contributed by atoms with Gasteiger partial charge in [-0.1, -0.05) is 0 Å². The number of ketones is 2. The van der Waals surface area contributed by atoms with Crippen LogP contribution in [0.3, 0.4) is 0 Å². The highest BCUT2D eigenvalue weighted by Gasteiger charge is 2.06. The Morgan fingerprint density at radius 3 is 1.79 bits per heavy atom. The van der Waals surface area contributed by atoms with E-state index in [0.29, 0.717) is 11.1 Å². The van der Waals surface area contributed by atoms with Crippen molar-refractivity contribution in [3.05, 3.63) is 29.3 Å². The normalized spacial score (nSPS) is 9.64. The fourth-order valence-electron chi connectivity index (χ4n) is 1.09. The van der Waals surface area contributed by atoms with Crippen molar-refractivity contribution in [1.29, 1.82) is 0 Å². The molecule has 0 bridgehead atoms. The number of carbonyl (C=O) groups excluding carboxylic acids is 2. The lowest BCUT2D eigenvalue weighted by Gasteiger charge is -2.04. The predicted octanol–water partition coefficient (Wildman–Crippen LogP) is 2.85. The van der Waals surface area contributed by atoms with E-state index in [1.54, 1.807) is 18.2 Å². The van der Waals surface area contributed by atoms with E-state index in [1.807, 2.05) is 22.9 Å². The van der Waals surface area contributed by atoms with Gasteiger partial charge in [0.15, 0.2) is 11.6 Å². The van der Waals surface area contributed by atoms with Gasteiger partial charge in [-0.3, -0.25) is 9.59 Å². The van der Waals surface area contributed by atoms with E-state index in [2.05, 4.69) is 3.53 Å². The van der Waals surface area contributed by atoms with Crippen LogP contribution in [0, 0.1) is 0 Å². The van der Waals surface area contributed by atoms with Crippen LogP contribution in [0.2, 0.25) is 0 Å². The molecule has 0 atom stereocenters. The van der Waals surface area contributed by atoms with Crippen molar-refractivity contribution in [2.45, 2.75) is 13.8 Å². The number of carbonyl (C=O) groups is 2. The first-order chi connectivity index (χ1) is 6.54. The second-order valence-electron chi connectivity index (χ2n) is 3.01. The quantitative estimate of drug-likeness (QED) is 0.530. The standard InChI is InChI=1S/C10H10INO2/c1-6(13)8-3-9(7(2)14)5-10(4-8)12-11/h3-5,12H,1-2H3. The van der Waals surface area contributed by atoms with Crippen LogP contribution in [0.25, 0.3) is 0 Å². The molecule has 0 fully saturated rings. The van der Waals surface area contributed by atoms with Crippen LogP contribution in [-0.2, 0) is 0 Å². The second-order valence-corrected chi connectivity index (χ2v) is 3.55. The number of nitrogens with one attached hydrogen (secondary N) is 1. The maximum atomic E-state index is 11.1. The van der Waals surface area contributed by atoms with Gasteiger partial charge in [0.05, 0.1) is 22.9 Å². The number of anilines is 1. The third kappa shape index (κ3) is 2.54. The molecule has 3 nitrogen and oxygen atoms in total. The predicted molar refractivity (Wildman–Crippen MR) is 64.1 cm³/mol. The summed E-state index contributed by atoms with van der Waals surface area (Å²) >= 11 is 1.96. The van der Waals surface area contributed by atoms with Gasteiger partial charge < -0.3 is 3.53 Å². The third-order valence-corrected chi connectivity index (χ3v) is 2.48. The van der Waals surface area contributed by atoms with Crippen molar-refractivity contribution in [2.24, 2.45) is 0 Å². The van der Waals surface area contributed by atoms with E-state index in [1.165, 1.54) is 13.8 Å². The molecule has 0 saturated carbocycles. The van der Waals surface area contributed by atoms with Gasteiger partial charge in [-0.05, 0) is 32.0 Å². The van der Waals surface area contributed by atoms with Gasteiger partial charge in [-0.2, -0.15) is 0 Å².